The lowest BCUT2D eigenvalue weighted by atomic mass is 9.94. The number of carboxylic acids is 1. The van der Waals surface area contributed by atoms with Gasteiger partial charge in [-0.3, -0.25) is 0 Å². The summed E-state index contributed by atoms with van der Waals surface area (Å²) in [6, 6.07) is 4.71. The fourth-order valence-electron chi connectivity index (χ4n) is 1.28. The second-order valence-electron chi connectivity index (χ2n) is 5.09. The monoisotopic (exact) mass is 252 g/mol. The maximum absolute atomic E-state index is 10.9. The van der Waals surface area contributed by atoms with Gasteiger partial charge in [0.25, 0.3) is 0 Å². The summed E-state index contributed by atoms with van der Waals surface area (Å²) < 4.78 is 5.54. The van der Waals surface area contributed by atoms with Gasteiger partial charge >= 0.3 is 5.97 Å². The van der Waals surface area contributed by atoms with E-state index in [2.05, 4.69) is 0 Å². The van der Waals surface area contributed by atoms with E-state index >= 15 is 0 Å². The van der Waals surface area contributed by atoms with E-state index in [1.807, 2.05) is 20.8 Å². The highest BCUT2D eigenvalue weighted by atomic mass is 16.5. The van der Waals surface area contributed by atoms with Gasteiger partial charge in [0, 0.05) is 0 Å². The van der Waals surface area contributed by atoms with Gasteiger partial charge in [-0.1, -0.05) is 19.9 Å². The molecule has 0 heterocycles. The molecule has 4 nitrogen and oxygen atoms in total. The molecule has 1 aromatic rings. The maximum atomic E-state index is 10.9. The quantitative estimate of drug-likeness (QED) is 0.844. The van der Waals surface area contributed by atoms with Crippen LogP contribution in [0.4, 0.5) is 0 Å². The van der Waals surface area contributed by atoms with Crippen LogP contribution in [-0.2, 0) is 0 Å². The molecule has 0 amide bonds. The highest BCUT2D eigenvalue weighted by Crippen LogP contribution is 2.23. The topological polar surface area (TPSA) is 66.8 Å². The molecule has 1 aromatic carbocycles. The lowest BCUT2D eigenvalue weighted by Crippen LogP contribution is -2.37. The molecule has 0 radical (unpaired) electrons. The van der Waals surface area contributed by atoms with Gasteiger partial charge in [0.1, 0.15) is 12.4 Å². The molecule has 100 valence electrons. The molecule has 0 aromatic heterocycles. The van der Waals surface area contributed by atoms with E-state index in [1.165, 1.54) is 12.1 Å². The zero-order valence-corrected chi connectivity index (χ0v) is 11.2. The van der Waals surface area contributed by atoms with Gasteiger partial charge in [0.2, 0.25) is 0 Å². The summed E-state index contributed by atoms with van der Waals surface area (Å²) in [5.74, 6) is -0.438. The molecule has 1 unspecified atom stereocenters. The Morgan fingerprint density at radius 2 is 2.06 bits per heavy atom. The number of aromatic carboxylic acids is 1. The van der Waals surface area contributed by atoms with Crippen LogP contribution in [0.3, 0.4) is 0 Å². The van der Waals surface area contributed by atoms with Gasteiger partial charge in [-0.05, 0) is 37.5 Å². The lowest BCUT2D eigenvalue weighted by Gasteiger charge is -2.27. The number of hydrogen-bond donors (Lipinski definition) is 2. The summed E-state index contributed by atoms with van der Waals surface area (Å²) >= 11 is 0. The highest BCUT2D eigenvalue weighted by Gasteiger charge is 2.26. The van der Waals surface area contributed by atoms with Crippen LogP contribution in [0.15, 0.2) is 18.2 Å². The minimum absolute atomic E-state index is 0.0560. The molecule has 0 saturated heterocycles. The minimum Gasteiger partial charge on any atom is -0.490 e. The Labute approximate surface area is 107 Å². The van der Waals surface area contributed by atoms with Crippen molar-refractivity contribution in [3.63, 3.8) is 0 Å². The van der Waals surface area contributed by atoms with Gasteiger partial charge in [-0.2, -0.15) is 0 Å². The number of carbonyl (C=O) groups is 1. The van der Waals surface area contributed by atoms with Crippen molar-refractivity contribution in [1.82, 2.24) is 0 Å². The fraction of sp³-hybridized carbons (Fsp3) is 0.500. The molecule has 0 fully saturated rings. The van der Waals surface area contributed by atoms with Gasteiger partial charge in [-0.25, -0.2) is 4.79 Å². The second-order valence-corrected chi connectivity index (χ2v) is 5.09. The predicted octanol–water partition coefficient (Wildman–Crippen LogP) is 2.48. The van der Waals surface area contributed by atoms with Crippen LogP contribution in [0.5, 0.6) is 5.75 Å². The summed E-state index contributed by atoms with van der Waals surface area (Å²) in [4.78, 5) is 10.9. The van der Waals surface area contributed by atoms with Crippen molar-refractivity contribution in [2.75, 3.05) is 6.61 Å². The molecule has 0 saturated carbocycles. The average molecular weight is 252 g/mol. The number of carboxylic acid groups (broad SMARTS) is 1. The van der Waals surface area contributed by atoms with Crippen molar-refractivity contribution in [1.29, 1.82) is 0 Å². The smallest absolute Gasteiger partial charge is 0.335 e. The van der Waals surface area contributed by atoms with Crippen molar-refractivity contribution in [3.05, 3.63) is 29.3 Å². The van der Waals surface area contributed by atoms with E-state index in [1.54, 1.807) is 13.0 Å². The first-order valence-corrected chi connectivity index (χ1v) is 5.93. The van der Waals surface area contributed by atoms with Gasteiger partial charge in [0.05, 0.1) is 11.2 Å². The highest BCUT2D eigenvalue weighted by molar-refractivity contribution is 5.88. The number of benzene rings is 1. The summed E-state index contributed by atoms with van der Waals surface area (Å²) in [5, 5.41) is 19.0. The predicted molar refractivity (Wildman–Crippen MR) is 69.1 cm³/mol. The molecular weight excluding hydrogens is 232 g/mol. The molecule has 0 bridgehead atoms. The molecule has 0 spiro atoms. The molecule has 1 rings (SSSR count). The van der Waals surface area contributed by atoms with Gasteiger partial charge < -0.3 is 14.9 Å². The third kappa shape index (κ3) is 3.47. The molecule has 0 aliphatic heterocycles. The van der Waals surface area contributed by atoms with E-state index in [0.29, 0.717) is 5.75 Å². The Kier molecular flexibility index (Phi) is 4.35. The molecule has 18 heavy (non-hydrogen) atoms. The van der Waals surface area contributed by atoms with E-state index < -0.39 is 11.6 Å². The Hall–Kier alpha value is -1.55. The van der Waals surface area contributed by atoms with Crippen LogP contribution in [0, 0.1) is 12.8 Å². The van der Waals surface area contributed by atoms with Crippen LogP contribution in [0.25, 0.3) is 0 Å². The SMILES string of the molecule is Cc1ccc(C(=O)O)cc1OCC(C)(O)C(C)C. The Morgan fingerprint density at radius 3 is 2.56 bits per heavy atom. The summed E-state index contributed by atoms with van der Waals surface area (Å²) in [7, 11) is 0. The minimum atomic E-state index is -0.990. The molecule has 0 aliphatic rings. The Morgan fingerprint density at radius 1 is 1.44 bits per heavy atom. The number of aryl methyl sites for hydroxylation is 1. The first kappa shape index (κ1) is 14.5. The third-order valence-electron chi connectivity index (χ3n) is 3.20. The van der Waals surface area contributed by atoms with E-state index in [4.69, 9.17) is 9.84 Å². The van der Waals surface area contributed by atoms with Crippen molar-refractivity contribution in [2.24, 2.45) is 5.92 Å². The van der Waals surface area contributed by atoms with Crippen molar-refractivity contribution >= 4 is 5.97 Å². The van der Waals surface area contributed by atoms with Crippen molar-refractivity contribution < 1.29 is 19.7 Å². The molecule has 4 heteroatoms. The number of hydrogen-bond acceptors (Lipinski definition) is 3. The van der Waals surface area contributed by atoms with Crippen molar-refractivity contribution in [2.45, 2.75) is 33.3 Å². The van der Waals surface area contributed by atoms with Crippen LogP contribution in [-0.4, -0.2) is 28.4 Å². The lowest BCUT2D eigenvalue weighted by molar-refractivity contribution is -0.0268. The summed E-state index contributed by atoms with van der Waals surface area (Å²) in [5.41, 5.74) is 0.0884. The largest absolute Gasteiger partial charge is 0.490 e. The zero-order valence-electron chi connectivity index (χ0n) is 11.2. The standard InChI is InChI=1S/C14H20O4/c1-9(2)14(4,17)8-18-12-7-11(13(15)16)6-5-10(12)3/h5-7,9,17H,8H2,1-4H3,(H,15,16). The first-order valence-electron chi connectivity index (χ1n) is 5.93. The third-order valence-corrected chi connectivity index (χ3v) is 3.20. The Balaban J connectivity index is 2.85. The summed E-state index contributed by atoms with van der Waals surface area (Å²) in [6.45, 7) is 7.49. The van der Waals surface area contributed by atoms with E-state index in [0.717, 1.165) is 5.56 Å². The first-order chi connectivity index (χ1) is 8.24. The van der Waals surface area contributed by atoms with Crippen molar-refractivity contribution in [3.8, 4) is 5.75 Å². The average Bonchev–Trinajstić information content (AvgIpc) is 2.27. The van der Waals surface area contributed by atoms with Crippen LogP contribution < -0.4 is 4.74 Å². The van der Waals surface area contributed by atoms with E-state index in [9.17, 15) is 9.90 Å². The molecule has 0 aliphatic carbocycles. The van der Waals surface area contributed by atoms with Crippen LogP contribution in [0.1, 0.15) is 36.7 Å². The Bertz CT molecular complexity index is 435. The summed E-state index contributed by atoms with van der Waals surface area (Å²) in [6.07, 6.45) is 0. The van der Waals surface area contributed by atoms with Crippen LogP contribution in [0.2, 0.25) is 0 Å². The number of rotatable bonds is 5. The zero-order chi connectivity index (χ0) is 13.9. The fourth-order valence-corrected chi connectivity index (χ4v) is 1.28. The van der Waals surface area contributed by atoms with Crippen LogP contribution >= 0.6 is 0 Å². The number of ether oxygens (including phenoxy) is 1. The maximum Gasteiger partial charge on any atom is 0.335 e. The normalized spacial score (nSPS) is 14.3. The van der Waals surface area contributed by atoms with Gasteiger partial charge in [0.15, 0.2) is 0 Å². The molecule has 1 atom stereocenters. The van der Waals surface area contributed by atoms with E-state index in [-0.39, 0.29) is 18.1 Å². The number of aliphatic hydroxyl groups is 1. The molecule has 2 N–H and O–H groups in total. The second kappa shape index (κ2) is 5.40. The molecular formula is C14H20O4. The van der Waals surface area contributed by atoms with Gasteiger partial charge in [-0.15, -0.1) is 0 Å².